The van der Waals surface area contributed by atoms with E-state index in [1.54, 1.807) is 0 Å². The van der Waals surface area contributed by atoms with Crippen LogP contribution in [0.2, 0.25) is 0 Å². The Labute approximate surface area is 112 Å². The van der Waals surface area contributed by atoms with Crippen molar-refractivity contribution in [2.24, 2.45) is 0 Å². The highest BCUT2D eigenvalue weighted by atomic mass is 15.1. The molecular weight excluding hydrogens is 234 g/mol. The Kier molecular flexibility index (Phi) is 2.63. The molecule has 96 valence electrons. The van der Waals surface area contributed by atoms with Crippen LogP contribution in [-0.2, 0) is 5.41 Å². The minimum atomic E-state index is 0.0707. The summed E-state index contributed by atoms with van der Waals surface area (Å²) in [6.45, 7) is 6.56. The summed E-state index contributed by atoms with van der Waals surface area (Å²) in [6.07, 6.45) is 1.81. The summed E-state index contributed by atoms with van der Waals surface area (Å²) in [7, 11) is 0. The molecule has 2 heterocycles. The van der Waals surface area contributed by atoms with Crippen molar-refractivity contribution in [1.29, 1.82) is 0 Å². The number of hydrogen-bond donors (Lipinski definition) is 1. The van der Waals surface area contributed by atoms with E-state index in [-0.39, 0.29) is 5.41 Å². The lowest BCUT2D eigenvalue weighted by molar-refractivity contribution is 0.571. The fourth-order valence-electron chi connectivity index (χ4n) is 2.28. The second kappa shape index (κ2) is 4.19. The van der Waals surface area contributed by atoms with Gasteiger partial charge in [-0.1, -0.05) is 39.0 Å². The average molecular weight is 251 g/mol. The van der Waals surface area contributed by atoms with Crippen molar-refractivity contribution in [1.82, 2.24) is 15.2 Å². The van der Waals surface area contributed by atoms with E-state index in [1.807, 2.05) is 24.4 Å². The van der Waals surface area contributed by atoms with Crippen LogP contribution >= 0.6 is 0 Å². The number of hydrogen-bond acceptors (Lipinski definition) is 2. The van der Waals surface area contributed by atoms with E-state index >= 15 is 0 Å². The number of H-pyrrole nitrogens is 1. The van der Waals surface area contributed by atoms with Gasteiger partial charge in [0, 0.05) is 28.3 Å². The first-order valence-corrected chi connectivity index (χ1v) is 6.46. The fourth-order valence-corrected chi connectivity index (χ4v) is 2.28. The molecule has 0 spiro atoms. The largest absolute Gasteiger partial charge is 0.281 e. The van der Waals surface area contributed by atoms with E-state index in [0.29, 0.717) is 0 Å². The van der Waals surface area contributed by atoms with Crippen molar-refractivity contribution in [2.45, 2.75) is 26.2 Å². The van der Waals surface area contributed by atoms with Crippen LogP contribution in [0.4, 0.5) is 0 Å². The number of nitrogens with zero attached hydrogens (tertiary/aromatic N) is 2. The van der Waals surface area contributed by atoms with Gasteiger partial charge in [-0.2, -0.15) is 5.10 Å². The average Bonchev–Trinajstić information content (AvgIpc) is 2.82. The highest BCUT2D eigenvalue weighted by Crippen LogP contribution is 2.30. The highest BCUT2D eigenvalue weighted by molar-refractivity contribution is 5.86. The third-order valence-electron chi connectivity index (χ3n) is 3.27. The monoisotopic (exact) mass is 251 g/mol. The van der Waals surface area contributed by atoms with Gasteiger partial charge in [0.25, 0.3) is 0 Å². The summed E-state index contributed by atoms with van der Waals surface area (Å²) >= 11 is 0. The molecule has 1 N–H and O–H groups in total. The van der Waals surface area contributed by atoms with Crippen molar-refractivity contribution in [2.75, 3.05) is 0 Å². The van der Waals surface area contributed by atoms with E-state index in [2.05, 4.69) is 54.2 Å². The maximum Gasteiger partial charge on any atom is 0.0930 e. The van der Waals surface area contributed by atoms with Gasteiger partial charge in [-0.05, 0) is 18.2 Å². The second-order valence-corrected chi connectivity index (χ2v) is 5.80. The molecule has 0 unspecified atom stereocenters. The number of nitrogens with one attached hydrogen (secondary N) is 1. The first-order chi connectivity index (χ1) is 9.05. The minimum absolute atomic E-state index is 0.0707. The summed E-state index contributed by atoms with van der Waals surface area (Å²) < 4.78 is 0. The van der Waals surface area contributed by atoms with Crippen LogP contribution in [0, 0.1) is 0 Å². The number of benzene rings is 1. The van der Waals surface area contributed by atoms with Crippen LogP contribution in [0.15, 0.2) is 42.6 Å². The molecule has 19 heavy (non-hydrogen) atoms. The summed E-state index contributed by atoms with van der Waals surface area (Å²) in [5, 5.41) is 8.77. The minimum Gasteiger partial charge on any atom is -0.281 e. The van der Waals surface area contributed by atoms with Crippen LogP contribution in [0.25, 0.3) is 22.2 Å². The Morgan fingerprint density at radius 1 is 1.05 bits per heavy atom. The Bertz CT molecular complexity index is 706. The number of fused-ring (bicyclic) bond motifs is 1. The summed E-state index contributed by atoms with van der Waals surface area (Å²) in [5.41, 5.74) is 4.31. The van der Waals surface area contributed by atoms with Gasteiger partial charge in [0.2, 0.25) is 0 Å². The molecule has 1 aromatic carbocycles. The lowest BCUT2D eigenvalue weighted by atomic mass is 9.89. The zero-order chi connectivity index (χ0) is 13.5. The van der Waals surface area contributed by atoms with E-state index in [0.717, 1.165) is 16.8 Å². The van der Waals surface area contributed by atoms with Gasteiger partial charge in [0.15, 0.2) is 0 Å². The van der Waals surface area contributed by atoms with Crippen molar-refractivity contribution in [3.8, 4) is 11.3 Å². The zero-order valence-electron chi connectivity index (χ0n) is 11.4. The molecular formula is C16H17N3. The van der Waals surface area contributed by atoms with Gasteiger partial charge in [0.05, 0.1) is 11.2 Å². The Morgan fingerprint density at radius 2 is 1.89 bits per heavy atom. The van der Waals surface area contributed by atoms with Gasteiger partial charge in [-0.25, -0.2) is 0 Å². The molecule has 0 saturated carbocycles. The maximum absolute atomic E-state index is 4.42. The number of pyridine rings is 1. The molecule has 3 aromatic rings. The van der Waals surface area contributed by atoms with Gasteiger partial charge >= 0.3 is 0 Å². The Morgan fingerprint density at radius 3 is 2.58 bits per heavy atom. The first-order valence-electron chi connectivity index (χ1n) is 6.46. The van der Waals surface area contributed by atoms with E-state index in [9.17, 15) is 0 Å². The van der Waals surface area contributed by atoms with E-state index in [1.165, 1.54) is 11.1 Å². The Hall–Kier alpha value is -2.16. The van der Waals surface area contributed by atoms with E-state index < -0.39 is 0 Å². The summed E-state index contributed by atoms with van der Waals surface area (Å²) in [6, 6.07) is 12.3. The molecule has 0 bridgehead atoms. The molecule has 0 aliphatic rings. The normalized spacial score (nSPS) is 11.9. The molecule has 2 aromatic heterocycles. The topological polar surface area (TPSA) is 41.6 Å². The van der Waals surface area contributed by atoms with Crippen LogP contribution in [0.5, 0.6) is 0 Å². The first kappa shape index (κ1) is 11.9. The third kappa shape index (κ3) is 2.12. The zero-order valence-corrected chi connectivity index (χ0v) is 11.4. The predicted octanol–water partition coefficient (Wildman–Crippen LogP) is 3.92. The van der Waals surface area contributed by atoms with Crippen molar-refractivity contribution >= 4 is 10.9 Å². The molecule has 3 rings (SSSR count). The second-order valence-electron chi connectivity index (χ2n) is 5.80. The van der Waals surface area contributed by atoms with Crippen LogP contribution in [-0.4, -0.2) is 15.2 Å². The molecule has 0 fully saturated rings. The SMILES string of the molecule is CC(C)(C)c1[nH]nc2cc(-c3ccccn3)ccc12. The molecule has 3 heteroatoms. The number of aromatic nitrogens is 3. The maximum atomic E-state index is 4.42. The van der Waals surface area contributed by atoms with Crippen molar-refractivity contribution in [3.05, 3.63) is 48.3 Å². The summed E-state index contributed by atoms with van der Waals surface area (Å²) in [4.78, 5) is 4.37. The van der Waals surface area contributed by atoms with Crippen LogP contribution in [0.1, 0.15) is 26.5 Å². The fraction of sp³-hybridized carbons (Fsp3) is 0.250. The van der Waals surface area contributed by atoms with Crippen molar-refractivity contribution < 1.29 is 0 Å². The van der Waals surface area contributed by atoms with Gasteiger partial charge in [0.1, 0.15) is 0 Å². The molecule has 0 atom stereocenters. The molecule has 0 saturated heterocycles. The lowest BCUT2D eigenvalue weighted by Gasteiger charge is -2.16. The molecule has 0 amide bonds. The molecule has 0 aliphatic carbocycles. The van der Waals surface area contributed by atoms with Gasteiger partial charge in [-0.3, -0.25) is 10.1 Å². The van der Waals surface area contributed by atoms with Crippen molar-refractivity contribution in [3.63, 3.8) is 0 Å². The smallest absolute Gasteiger partial charge is 0.0930 e. The third-order valence-corrected chi connectivity index (χ3v) is 3.27. The standard InChI is InChI=1S/C16H17N3/c1-16(2,3)15-12-8-7-11(10-14(12)18-19-15)13-6-4-5-9-17-13/h4-10H,1-3H3,(H,18,19). The lowest BCUT2D eigenvalue weighted by Crippen LogP contribution is -2.11. The highest BCUT2D eigenvalue weighted by Gasteiger charge is 2.19. The molecule has 0 radical (unpaired) electrons. The number of rotatable bonds is 1. The number of aromatic amines is 1. The van der Waals surface area contributed by atoms with Gasteiger partial charge < -0.3 is 0 Å². The molecule has 3 nitrogen and oxygen atoms in total. The summed E-state index contributed by atoms with van der Waals surface area (Å²) in [5.74, 6) is 0. The quantitative estimate of drug-likeness (QED) is 0.712. The predicted molar refractivity (Wildman–Crippen MR) is 78.0 cm³/mol. The van der Waals surface area contributed by atoms with Crippen LogP contribution < -0.4 is 0 Å². The van der Waals surface area contributed by atoms with Crippen LogP contribution in [0.3, 0.4) is 0 Å². The van der Waals surface area contributed by atoms with Gasteiger partial charge in [-0.15, -0.1) is 0 Å². The Balaban J connectivity index is 2.14. The van der Waals surface area contributed by atoms with E-state index in [4.69, 9.17) is 0 Å². The molecule has 0 aliphatic heterocycles.